The van der Waals surface area contributed by atoms with Crippen molar-refractivity contribution < 1.29 is 13.9 Å². The maximum absolute atomic E-state index is 13.6. The number of aromatic nitrogens is 2. The number of nitrogens with two attached hydrogens (primary N) is 1. The lowest BCUT2D eigenvalue weighted by molar-refractivity contribution is 0.0808. The van der Waals surface area contributed by atoms with Gasteiger partial charge in [0, 0.05) is 37.0 Å². The van der Waals surface area contributed by atoms with Gasteiger partial charge in [-0.2, -0.15) is 0 Å². The fraction of sp³-hybridized carbons (Fsp3) is 0.389. The summed E-state index contributed by atoms with van der Waals surface area (Å²) >= 11 is 0. The van der Waals surface area contributed by atoms with Crippen LogP contribution in [0.4, 0.5) is 10.3 Å². The predicted octanol–water partition coefficient (Wildman–Crippen LogP) is 2.30. The number of benzene rings is 1. The first kappa shape index (κ1) is 17.3. The zero-order valence-electron chi connectivity index (χ0n) is 14.1. The van der Waals surface area contributed by atoms with Gasteiger partial charge in [0.25, 0.3) is 0 Å². The third-order valence-electron chi connectivity index (χ3n) is 4.43. The largest absolute Gasteiger partial charge is 0.496 e. The van der Waals surface area contributed by atoms with Crippen LogP contribution >= 0.6 is 0 Å². The van der Waals surface area contributed by atoms with Gasteiger partial charge in [-0.1, -0.05) is 0 Å². The number of ketones is 1. The Hall–Kier alpha value is -2.54. The summed E-state index contributed by atoms with van der Waals surface area (Å²) in [6.45, 7) is 2.17. The number of anilines is 1. The number of methoxy groups -OCH3 is 1. The number of Topliss-reactive ketones (excluding diaryl/α,β-unsaturated/α-hetero) is 1. The summed E-state index contributed by atoms with van der Waals surface area (Å²) in [5.41, 5.74) is 6.76. The molecule has 0 unspecified atom stereocenters. The van der Waals surface area contributed by atoms with E-state index < -0.39 is 5.82 Å². The van der Waals surface area contributed by atoms with Crippen molar-refractivity contribution in [3.8, 4) is 5.75 Å². The maximum Gasteiger partial charge on any atom is 0.219 e. The minimum absolute atomic E-state index is 0.0744. The van der Waals surface area contributed by atoms with Crippen molar-refractivity contribution in [1.29, 1.82) is 0 Å². The third kappa shape index (κ3) is 4.11. The van der Waals surface area contributed by atoms with Crippen LogP contribution in [0.5, 0.6) is 5.75 Å². The number of hydrogen-bond acceptors (Lipinski definition) is 6. The molecule has 1 saturated heterocycles. The summed E-state index contributed by atoms with van der Waals surface area (Å²) in [4.78, 5) is 23.0. The van der Waals surface area contributed by atoms with Gasteiger partial charge in [0.2, 0.25) is 5.95 Å². The molecule has 0 aliphatic carbocycles. The summed E-state index contributed by atoms with van der Waals surface area (Å²) in [7, 11) is 1.48. The molecule has 0 bridgehead atoms. The number of nitrogen functional groups attached to an aromatic ring is 1. The van der Waals surface area contributed by atoms with Crippen molar-refractivity contribution in [3.63, 3.8) is 0 Å². The van der Waals surface area contributed by atoms with E-state index in [1.54, 1.807) is 12.4 Å². The summed E-state index contributed by atoms with van der Waals surface area (Å²) in [5.74, 6) is -0.0336. The Morgan fingerprint density at radius 3 is 2.88 bits per heavy atom. The second-order valence-corrected chi connectivity index (χ2v) is 6.23. The van der Waals surface area contributed by atoms with Crippen molar-refractivity contribution in [2.45, 2.75) is 19.4 Å². The fourth-order valence-electron chi connectivity index (χ4n) is 3.21. The number of halogens is 1. The molecule has 1 aromatic heterocycles. The van der Waals surface area contributed by atoms with Crippen LogP contribution in [0.1, 0.15) is 28.8 Å². The van der Waals surface area contributed by atoms with Crippen molar-refractivity contribution in [1.82, 2.24) is 14.9 Å². The second-order valence-electron chi connectivity index (χ2n) is 6.23. The molecule has 25 heavy (non-hydrogen) atoms. The predicted molar refractivity (Wildman–Crippen MR) is 91.7 cm³/mol. The van der Waals surface area contributed by atoms with Crippen LogP contribution in [-0.4, -0.2) is 40.9 Å². The zero-order chi connectivity index (χ0) is 17.8. The molecule has 1 aromatic carbocycles. The van der Waals surface area contributed by atoms with Gasteiger partial charge in [0.1, 0.15) is 11.6 Å². The zero-order valence-corrected chi connectivity index (χ0v) is 14.1. The summed E-state index contributed by atoms with van der Waals surface area (Å²) in [6, 6.07) is 4.05. The average molecular weight is 344 g/mol. The number of likely N-dealkylation sites (tertiary alicyclic amines) is 1. The van der Waals surface area contributed by atoms with E-state index in [-0.39, 0.29) is 17.6 Å². The molecule has 1 aliphatic heterocycles. The minimum Gasteiger partial charge on any atom is -0.496 e. The number of nitrogens with zero attached hydrogens (tertiary/aromatic N) is 3. The monoisotopic (exact) mass is 344 g/mol. The van der Waals surface area contributed by atoms with E-state index in [2.05, 4.69) is 14.9 Å². The maximum atomic E-state index is 13.6. The SMILES string of the molecule is COc1ccc(F)cc1C(=O)[C@H]1CCCN(Cc2cnc(N)nc2)C1. The van der Waals surface area contributed by atoms with Crippen molar-refractivity contribution in [2.75, 3.05) is 25.9 Å². The van der Waals surface area contributed by atoms with Crippen molar-refractivity contribution >= 4 is 11.7 Å². The Bertz CT molecular complexity index is 751. The highest BCUT2D eigenvalue weighted by atomic mass is 19.1. The van der Waals surface area contributed by atoms with Gasteiger partial charge in [0.15, 0.2) is 5.78 Å². The van der Waals surface area contributed by atoms with Gasteiger partial charge in [-0.25, -0.2) is 14.4 Å². The van der Waals surface area contributed by atoms with Gasteiger partial charge >= 0.3 is 0 Å². The van der Waals surface area contributed by atoms with Gasteiger partial charge in [-0.15, -0.1) is 0 Å². The number of rotatable bonds is 5. The molecule has 2 aromatic rings. The van der Waals surface area contributed by atoms with Crippen LogP contribution < -0.4 is 10.5 Å². The summed E-state index contributed by atoms with van der Waals surface area (Å²) in [5, 5.41) is 0. The molecule has 1 fully saturated rings. The first-order valence-corrected chi connectivity index (χ1v) is 8.23. The normalized spacial score (nSPS) is 18.1. The number of ether oxygens (including phenoxy) is 1. The molecule has 2 N–H and O–H groups in total. The first-order valence-electron chi connectivity index (χ1n) is 8.23. The molecule has 3 rings (SSSR count). The second kappa shape index (κ2) is 7.57. The molecule has 0 radical (unpaired) electrons. The van der Waals surface area contributed by atoms with Crippen molar-refractivity contribution in [2.24, 2.45) is 5.92 Å². The average Bonchev–Trinajstić information content (AvgIpc) is 2.63. The molecule has 0 spiro atoms. The Morgan fingerprint density at radius 1 is 1.40 bits per heavy atom. The Kier molecular flexibility index (Phi) is 5.23. The molecule has 7 heteroatoms. The topological polar surface area (TPSA) is 81.3 Å². The van der Waals surface area contributed by atoms with Gasteiger partial charge in [0.05, 0.1) is 12.7 Å². The lowest BCUT2D eigenvalue weighted by atomic mass is 9.89. The van der Waals surface area contributed by atoms with E-state index in [4.69, 9.17) is 10.5 Å². The van der Waals surface area contributed by atoms with E-state index in [0.29, 0.717) is 24.4 Å². The summed E-state index contributed by atoms with van der Waals surface area (Å²) < 4.78 is 18.8. The van der Waals surface area contributed by atoms with E-state index in [1.807, 2.05) is 0 Å². The quantitative estimate of drug-likeness (QED) is 0.838. The van der Waals surface area contributed by atoms with Gasteiger partial charge < -0.3 is 10.5 Å². The van der Waals surface area contributed by atoms with Crippen LogP contribution in [0.3, 0.4) is 0 Å². The summed E-state index contributed by atoms with van der Waals surface area (Å²) in [6.07, 6.45) is 5.09. The van der Waals surface area contributed by atoms with E-state index in [0.717, 1.165) is 24.9 Å². The van der Waals surface area contributed by atoms with Crippen LogP contribution in [0, 0.1) is 11.7 Å². The number of carbonyl (C=O) groups excluding carboxylic acids is 1. The highest BCUT2D eigenvalue weighted by molar-refractivity contribution is 6.00. The first-order chi connectivity index (χ1) is 12.1. The number of piperidine rings is 1. The minimum atomic E-state index is -0.434. The molecule has 2 heterocycles. The van der Waals surface area contributed by atoms with Crippen molar-refractivity contribution in [3.05, 3.63) is 47.5 Å². The third-order valence-corrected chi connectivity index (χ3v) is 4.43. The number of hydrogen-bond donors (Lipinski definition) is 1. The molecular weight excluding hydrogens is 323 g/mol. The van der Waals surface area contributed by atoms with E-state index in [9.17, 15) is 9.18 Å². The smallest absolute Gasteiger partial charge is 0.219 e. The molecular formula is C18H21FN4O2. The Labute approximate surface area is 145 Å². The van der Waals surface area contributed by atoms with E-state index >= 15 is 0 Å². The Morgan fingerprint density at radius 2 is 2.16 bits per heavy atom. The van der Waals surface area contributed by atoms with Gasteiger partial charge in [-0.05, 0) is 37.6 Å². The standard InChI is InChI=1S/C18H21FN4O2/c1-25-16-5-4-14(19)7-15(16)17(24)13-3-2-6-23(11-13)10-12-8-21-18(20)22-9-12/h4-5,7-9,13H,2-3,6,10-11H2,1H3,(H2,20,21,22)/t13-/m0/s1. The van der Waals surface area contributed by atoms with Crippen LogP contribution in [-0.2, 0) is 6.54 Å². The Balaban J connectivity index is 1.71. The molecule has 132 valence electrons. The van der Waals surface area contributed by atoms with Gasteiger partial charge in [-0.3, -0.25) is 9.69 Å². The lowest BCUT2D eigenvalue weighted by Crippen LogP contribution is -2.38. The molecule has 0 saturated carbocycles. The number of carbonyl (C=O) groups is 1. The molecule has 0 amide bonds. The highest BCUT2D eigenvalue weighted by Crippen LogP contribution is 2.27. The van der Waals surface area contributed by atoms with Crippen LogP contribution in [0.15, 0.2) is 30.6 Å². The highest BCUT2D eigenvalue weighted by Gasteiger charge is 2.28. The molecule has 1 aliphatic rings. The van der Waals surface area contributed by atoms with Crippen LogP contribution in [0.2, 0.25) is 0 Å². The van der Waals surface area contributed by atoms with E-state index in [1.165, 1.54) is 25.3 Å². The lowest BCUT2D eigenvalue weighted by Gasteiger charge is -2.32. The van der Waals surface area contributed by atoms with Crippen LogP contribution in [0.25, 0.3) is 0 Å². The molecule has 1 atom stereocenters. The molecule has 6 nitrogen and oxygen atoms in total. The fourth-order valence-corrected chi connectivity index (χ4v) is 3.21.